The highest BCUT2D eigenvalue weighted by atomic mass is 19.4. The third-order valence-electron chi connectivity index (χ3n) is 2.60. The molecule has 9 heteroatoms. The molecule has 0 fully saturated rings. The number of rotatable bonds is 3. The van der Waals surface area contributed by atoms with Crippen LogP contribution in [0.5, 0.6) is 5.75 Å². The summed E-state index contributed by atoms with van der Waals surface area (Å²) in [5, 5.41) is 0.403. The summed E-state index contributed by atoms with van der Waals surface area (Å²) in [7, 11) is 1.41. The fraction of sp³-hybridized carbons (Fsp3) is 0.182. The Hall–Kier alpha value is -2.06. The number of pyridine rings is 1. The van der Waals surface area contributed by atoms with Crippen molar-refractivity contribution in [2.45, 2.75) is 6.08 Å². The molecule has 0 radical (unpaired) electrons. The van der Waals surface area contributed by atoms with E-state index < -0.39 is 13.0 Å². The lowest BCUT2D eigenvalue weighted by molar-refractivity contribution is -0.847. The summed E-state index contributed by atoms with van der Waals surface area (Å²) in [6.07, 6.45) is -4.75. The second-order valence-electron chi connectivity index (χ2n) is 4.00. The van der Waals surface area contributed by atoms with Crippen LogP contribution in [0.4, 0.5) is 21.8 Å². The number of alkyl halides is 3. The minimum absolute atomic E-state index is 0.0686. The molecule has 0 bridgehead atoms. The molecular weight excluding hydrogens is 284 g/mol. The quantitative estimate of drug-likeness (QED) is 0.493. The van der Waals surface area contributed by atoms with Crippen LogP contribution in [0, 0.1) is 0 Å². The zero-order chi connectivity index (χ0) is 15.0. The molecule has 0 spiro atoms. The molecule has 2 rings (SSSR count). The highest BCUT2D eigenvalue weighted by molar-refractivity contribution is 6.61. The average molecular weight is 293 g/mol. The number of aromatic nitrogens is 1. The highest BCUT2D eigenvalue weighted by Gasteiger charge is 2.60. The number of methoxy groups -OCH3 is 1. The fourth-order valence-corrected chi connectivity index (χ4v) is 1.59. The van der Waals surface area contributed by atoms with Crippen LogP contribution in [0.2, 0.25) is 0 Å². The van der Waals surface area contributed by atoms with Gasteiger partial charge in [-0.05, 0) is 22.9 Å². The molecule has 1 aromatic heterocycles. The summed E-state index contributed by atoms with van der Waals surface area (Å²) in [4.78, 5) is 0. The van der Waals surface area contributed by atoms with E-state index in [1.807, 2.05) is 0 Å². The second-order valence-corrected chi connectivity index (χ2v) is 4.00. The Kier molecular flexibility index (Phi) is 3.45. The van der Waals surface area contributed by atoms with Gasteiger partial charge in [0.15, 0.2) is 0 Å². The van der Waals surface area contributed by atoms with Crippen molar-refractivity contribution in [3.8, 4) is 5.75 Å². The van der Waals surface area contributed by atoms with Gasteiger partial charge in [0.2, 0.25) is 6.20 Å². The molecule has 0 aliphatic rings. The molecule has 0 unspecified atom stereocenters. The number of benzene rings is 1. The first-order chi connectivity index (χ1) is 9.24. The number of hydrogen-bond donors (Lipinski definition) is 0. The molecule has 0 aliphatic heterocycles. The Morgan fingerprint density at radius 3 is 2.45 bits per heavy atom. The lowest BCUT2D eigenvalue weighted by atomic mass is 9.87. The highest BCUT2D eigenvalue weighted by Crippen LogP contribution is 2.29. The van der Waals surface area contributed by atoms with E-state index in [0.29, 0.717) is 15.9 Å². The zero-order valence-electron chi connectivity index (χ0n) is 10.2. The Labute approximate surface area is 110 Å². The van der Waals surface area contributed by atoms with E-state index in [0.717, 1.165) is 6.20 Å². The van der Waals surface area contributed by atoms with Crippen LogP contribution < -0.4 is 14.2 Å². The smallest absolute Gasteiger partial charge is 0.497 e. The summed E-state index contributed by atoms with van der Waals surface area (Å²) in [5.41, 5.74) is 0.0686. The largest absolute Gasteiger partial charge is 0.658 e. The van der Waals surface area contributed by atoms with Gasteiger partial charge in [-0.2, -0.15) is 0 Å². The van der Waals surface area contributed by atoms with Crippen LogP contribution in [-0.4, -0.2) is 20.1 Å². The van der Waals surface area contributed by atoms with Gasteiger partial charge in [-0.15, -0.1) is 0 Å². The Balaban J connectivity index is 2.46. The summed E-state index contributed by atoms with van der Waals surface area (Å²) in [6, 6.07) is 7.09. The van der Waals surface area contributed by atoms with Crippen molar-refractivity contribution in [3.05, 3.63) is 36.5 Å². The monoisotopic (exact) mass is 293 g/mol. The van der Waals surface area contributed by atoms with E-state index in [2.05, 4.69) is 4.76 Å². The van der Waals surface area contributed by atoms with Crippen LogP contribution in [-0.2, 0) is 0 Å². The van der Waals surface area contributed by atoms with Crippen molar-refractivity contribution in [1.29, 1.82) is 0 Å². The summed E-state index contributed by atoms with van der Waals surface area (Å²) >= 11 is 0. The molecule has 20 heavy (non-hydrogen) atoms. The Morgan fingerprint density at radius 1 is 1.15 bits per heavy atom. The first-order valence-electron chi connectivity index (χ1n) is 5.50. The molecule has 0 N–H and O–H groups in total. The van der Waals surface area contributed by atoms with Crippen LogP contribution in [0.1, 0.15) is 0 Å². The first-order valence-corrected chi connectivity index (χ1v) is 5.50. The van der Waals surface area contributed by atoms with Crippen LogP contribution in [0.25, 0.3) is 10.9 Å². The predicted octanol–water partition coefficient (Wildman–Crippen LogP) is 2.54. The Bertz CT molecular complexity index is 632. The molecule has 108 valence electrons. The standard InChI is InChI=1S/C11H9BF5NO2/c1-19-9-4-5-10-8(7-9)3-2-6-18(10)20-12(16,17)11(13,14)15/h2-7H,1H3. The third-order valence-corrected chi connectivity index (χ3v) is 2.60. The van der Waals surface area contributed by atoms with Crippen molar-refractivity contribution in [1.82, 2.24) is 0 Å². The van der Waals surface area contributed by atoms with Crippen LogP contribution >= 0.6 is 0 Å². The van der Waals surface area contributed by atoms with E-state index >= 15 is 0 Å². The molecule has 0 amide bonds. The van der Waals surface area contributed by atoms with Gasteiger partial charge in [-0.3, -0.25) is 0 Å². The first kappa shape index (κ1) is 14.4. The number of hydrogen-bond acceptors (Lipinski definition) is 2. The van der Waals surface area contributed by atoms with E-state index in [1.54, 1.807) is 0 Å². The lowest BCUT2D eigenvalue weighted by Crippen LogP contribution is -2.62. The molecule has 0 saturated heterocycles. The maximum absolute atomic E-state index is 13.0. The van der Waals surface area contributed by atoms with E-state index in [4.69, 9.17) is 4.74 Å². The van der Waals surface area contributed by atoms with Crippen molar-refractivity contribution in [3.63, 3.8) is 0 Å². The van der Waals surface area contributed by atoms with E-state index in [1.165, 1.54) is 37.4 Å². The molecule has 0 saturated carbocycles. The number of fused-ring (bicyclic) bond motifs is 1. The van der Waals surface area contributed by atoms with Gasteiger partial charge in [0, 0.05) is 12.1 Å². The minimum atomic E-state index is -5.99. The maximum Gasteiger partial charge on any atom is 0.658 e. The molecule has 1 heterocycles. The normalized spacial score (nSPS) is 12.5. The molecule has 0 aliphatic carbocycles. The van der Waals surface area contributed by atoms with Crippen molar-refractivity contribution in [2.75, 3.05) is 7.11 Å². The molecular formula is C11H9BF5NO2. The van der Waals surface area contributed by atoms with Gasteiger partial charge in [0.05, 0.1) is 12.5 Å². The number of ether oxygens (including phenoxy) is 1. The van der Waals surface area contributed by atoms with Crippen LogP contribution in [0.3, 0.4) is 0 Å². The molecule has 0 atom stereocenters. The van der Waals surface area contributed by atoms with Gasteiger partial charge in [0.25, 0.3) is 5.52 Å². The van der Waals surface area contributed by atoms with Crippen molar-refractivity contribution < 1.29 is 36.0 Å². The van der Waals surface area contributed by atoms with Gasteiger partial charge in [0.1, 0.15) is 5.75 Å². The third kappa shape index (κ3) is 2.61. The lowest BCUT2D eigenvalue weighted by Gasteiger charge is -2.23. The van der Waals surface area contributed by atoms with Gasteiger partial charge in [-0.25, -0.2) is 13.2 Å². The van der Waals surface area contributed by atoms with Crippen molar-refractivity contribution in [2.24, 2.45) is 0 Å². The predicted molar refractivity (Wildman–Crippen MR) is 61.3 cm³/mol. The average Bonchev–Trinajstić information content (AvgIpc) is 2.36. The van der Waals surface area contributed by atoms with E-state index in [-0.39, 0.29) is 5.52 Å². The maximum atomic E-state index is 13.0. The topological polar surface area (TPSA) is 22.3 Å². The SMILES string of the molecule is COc1ccc2c(ccc[n+]2O[B-](F)(F)C(F)(F)F)c1. The Morgan fingerprint density at radius 2 is 1.85 bits per heavy atom. The van der Waals surface area contributed by atoms with Gasteiger partial charge in [-0.1, -0.05) is 0 Å². The number of nitrogens with zero attached hydrogens (tertiary/aromatic N) is 1. The minimum Gasteiger partial charge on any atom is -0.497 e. The molecule has 2 aromatic rings. The zero-order valence-corrected chi connectivity index (χ0v) is 10.2. The van der Waals surface area contributed by atoms with Crippen molar-refractivity contribution >= 4 is 17.8 Å². The molecule has 1 aromatic carbocycles. The van der Waals surface area contributed by atoms with Crippen LogP contribution in [0.15, 0.2) is 36.5 Å². The van der Waals surface area contributed by atoms with E-state index in [9.17, 15) is 21.8 Å². The molecule has 3 nitrogen and oxygen atoms in total. The van der Waals surface area contributed by atoms with Gasteiger partial charge >= 0.3 is 13.0 Å². The summed E-state index contributed by atoms with van der Waals surface area (Å²) < 4.78 is 71.6. The summed E-state index contributed by atoms with van der Waals surface area (Å²) in [6.45, 7) is -5.99. The van der Waals surface area contributed by atoms with Gasteiger partial charge < -0.3 is 18.1 Å². The fourth-order valence-electron chi connectivity index (χ4n) is 1.59. The summed E-state index contributed by atoms with van der Waals surface area (Å²) in [5.74, 6) is 0.448. The second kappa shape index (κ2) is 4.80. The number of halogens is 5.